The quantitative estimate of drug-likeness (QED) is 0.773. The summed E-state index contributed by atoms with van der Waals surface area (Å²) in [5.41, 5.74) is 2.46. The fourth-order valence-electron chi connectivity index (χ4n) is 1.74. The zero-order valence-electron chi connectivity index (χ0n) is 10.5. The molecule has 0 saturated heterocycles. The van der Waals surface area contributed by atoms with Crippen molar-refractivity contribution in [1.82, 2.24) is 4.98 Å². The number of nitrogens with zero attached hydrogens (tertiary/aromatic N) is 1. The highest BCUT2D eigenvalue weighted by Crippen LogP contribution is 2.19. The Morgan fingerprint density at radius 1 is 1.22 bits per heavy atom. The van der Waals surface area contributed by atoms with Crippen LogP contribution in [0, 0.1) is 6.92 Å². The number of ether oxygens (including phenoxy) is 1. The smallest absolute Gasteiger partial charge is 0.172 e. The van der Waals surface area contributed by atoms with Crippen LogP contribution >= 0.6 is 0 Å². The molecule has 0 radical (unpaired) electrons. The highest BCUT2D eigenvalue weighted by molar-refractivity contribution is 5.99. The van der Waals surface area contributed by atoms with Gasteiger partial charge in [0.1, 0.15) is 5.75 Å². The number of aromatic nitrogens is 1. The predicted molar refractivity (Wildman–Crippen MR) is 70.0 cm³/mol. The van der Waals surface area contributed by atoms with Gasteiger partial charge < -0.3 is 4.74 Å². The molecule has 0 aliphatic carbocycles. The molecule has 0 atom stereocenters. The molecule has 0 amide bonds. The number of pyridine rings is 1. The zero-order valence-corrected chi connectivity index (χ0v) is 10.5. The van der Waals surface area contributed by atoms with Crippen molar-refractivity contribution >= 4 is 5.78 Å². The zero-order chi connectivity index (χ0) is 13.0. The van der Waals surface area contributed by atoms with E-state index in [2.05, 4.69) is 4.98 Å². The number of aryl methyl sites for hydroxylation is 1. The van der Waals surface area contributed by atoms with Crippen LogP contribution in [0.2, 0.25) is 0 Å². The molecule has 1 aromatic carbocycles. The Bertz CT molecular complexity index is 547. The number of para-hydroxylation sites is 1. The largest absolute Gasteiger partial charge is 0.496 e. The summed E-state index contributed by atoms with van der Waals surface area (Å²) >= 11 is 0. The Kier molecular flexibility index (Phi) is 3.72. The van der Waals surface area contributed by atoms with Crippen molar-refractivity contribution in [2.24, 2.45) is 0 Å². The van der Waals surface area contributed by atoms with E-state index in [-0.39, 0.29) is 5.78 Å². The van der Waals surface area contributed by atoms with Crippen molar-refractivity contribution in [2.75, 3.05) is 7.11 Å². The average molecular weight is 241 g/mol. The first-order valence-electron chi connectivity index (χ1n) is 5.78. The summed E-state index contributed by atoms with van der Waals surface area (Å²) < 4.78 is 5.18. The first-order valence-corrected chi connectivity index (χ1v) is 5.78. The molecule has 3 nitrogen and oxygen atoms in total. The molecule has 2 rings (SSSR count). The van der Waals surface area contributed by atoms with Gasteiger partial charge in [-0.1, -0.05) is 18.2 Å². The van der Waals surface area contributed by atoms with E-state index in [0.29, 0.717) is 17.7 Å². The molecule has 92 valence electrons. The van der Waals surface area contributed by atoms with Crippen LogP contribution in [0.5, 0.6) is 5.75 Å². The van der Waals surface area contributed by atoms with E-state index in [1.54, 1.807) is 25.4 Å². The minimum Gasteiger partial charge on any atom is -0.496 e. The second-order valence-electron chi connectivity index (χ2n) is 4.13. The van der Waals surface area contributed by atoms with E-state index in [1.165, 1.54) is 0 Å². The Labute approximate surface area is 106 Å². The van der Waals surface area contributed by atoms with Crippen molar-refractivity contribution in [2.45, 2.75) is 13.3 Å². The lowest BCUT2D eigenvalue weighted by Gasteiger charge is -2.06. The molecule has 0 spiro atoms. The maximum atomic E-state index is 12.2. The predicted octanol–water partition coefficient (Wildman–Crippen LogP) is 2.82. The molecule has 18 heavy (non-hydrogen) atoms. The van der Waals surface area contributed by atoms with Gasteiger partial charge in [-0.05, 0) is 30.7 Å². The normalized spacial score (nSPS) is 10.1. The lowest BCUT2D eigenvalue weighted by Crippen LogP contribution is -2.06. The van der Waals surface area contributed by atoms with Gasteiger partial charge in [0.2, 0.25) is 0 Å². The van der Waals surface area contributed by atoms with Crippen molar-refractivity contribution in [3.05, 3.63) is 59.4 Å². The molecule has 1 heterocycles. The number of methoxy groups -OCH3 is 1. The van der Waals surface area contributed by atoms with Gasteiger partial charge in [0.05, 0.1) is 19.1 Å². The second kappa shape index (κ2) is 5.45. The molecule has 0 N–H and O–H groups in total. The van der Waals surface area contributed by atoms with Gasteiger partial charge in [0.15, 0.2) is 5.78 Å². The number of hydrogen-bond acceptors (Lipinski definition) is 3. The monoisotopic (exact) mass is 241 g/mol. The van der Waals surface area contributed by atoms with Crippen LogP contribution in [0.4, 0.5) is 0 Å². The van der Waals surface area contributed by atoms with Gasteiger partial charge in [-0.25, -0.2) is 0 Å². The number of ketones is 1. The minimum absolute atomic E-state index is 0.0174. The Morgan fingerprint density at radius 3 is 2.67 bits per heavy atom. The lowest BCUT2D eigenvalue weighted by atomic mass is 10.0. The summed E-state index contributed by atoms with van der Waals surface area (Å²) in [6.45, 7) is 1.97. The SMILES string of the molecule is COc1ccccc1C(=O)Cc1ccc(C)cn1. The lowest BCUT2D eigenvalue weighted by molar-refractivity contribution is 0.0989. The third-order valence-corrected chi connectivity index (χ3v) is 2.72. The molecule has 0 aliphatic heterocycles. The molecule has 0 bridgehead atoms. The van der Waals surface area contributed by atoms with Crippen LogP contribution in [-0.2, 0) is 6.42 Å². The molecule has 0 saturated carbocycles. The fraction of sp³-hybridized carbons (Fsp3) is 0.200. The standard InChI is InChI=1S/C15H15NO2/c1-11-7-8-12(16-10-11)9-14(17)13-5-3-4-6-15(13)18-2/h3-8,10H,9H2,1-2H3. The van der Waals surface area contributed by atoms with Gasteiger partial charge >= 0.3 is 0 Å². The van der Waals surface area contributed by atoms with Crippen LogP contribution in [0.15, 0.2) is 42.6 Å². The topological polar surface area (TPSA) is 39.2 Å². The summed E-state index contributed by atoms with van der Waals surface area (Å²) in [6, 6.07) is 11.1. The number of benzene rings is 1. The maximum Gasteiger partial charge on any atom is 0.172 e. The summed E-state index contributed by atoms with van der Waals surface area (Å²) in [4.78, 5) is 16.4. The van der Waals surface area contributed by atoms with Gasteiger partial charge in [-0.2, -0.15) is 0 Å². The third-order valence-electron chi connectivity index (χ3n) is 2.72. The van der Waals surface area contributed by atoms with Gasteiger partial charge in [0.25, 0.3) is 0 Å². The molecule has 1 aromatic heterocycles. The third kappa shape index (κ3) is 2.74. The first-order chi connectivity index (χ1) is 8.70. The molecular formula is C15H15NO2. The van der Waals surface area contributed by atoms with E-state index in [0.717, 1.165) is 11.3 Å². The number of carbonyl (C=O) groups is 1. The summed E-state index contributed by atoms with van der Waals surface area (Å²) in [7, 11) is 1.57. The molecule has 3 heteroatoms. The van der Waals surface area contributed by atoms with Crippen LogP contribution in [0.1, 0.15) is 21.6 Å². The van der Waals surface area contributed by atoms with Gasteiger partial charge in [-0.3, -0.25) is 9.78 Å². The second-order valence-corrected chi connectivity index (χ2v) is 4.13. The van der Waals surface area contributed by atoms with E-state index < -0.39 is 0 Å². The van der Waals surface area contributed by atoms with E-state index in [9.17, 15) is 4.79 Å². The number of Topliss-reactive ketones (excluding diaryl/α,β-unsaturated/α-hetero) is 1. The van der Waals surface area contributed by atoms with Crippen molar-refractivity contribution < 1.29 is 9.53 Å². The highest BCUT2D eigenvalue weighted by atomic mass is 16.5. The van der Waals surface area contributed by atoms with Gasteiger partial charge in [0, 0.05) is 11.9 Å². The summed E-state index contributed by atoms with van der Waals surface area (Å²) in [5, 5.41) is 0. The minimum atomic E-state index is 0.0174. The van der Waals surface area contributed by atoms with E-state index in [4.69, 9.17) is 4.74 Å². The van der Waals surface area contributed by atoms with Crippen LogP contribution in [-0.4, -0.2) is 17.9 Å². The number of hydrogen-bond donors (Lipinski definition) is 0. The molecular weight excluding hydrogens is 226 g/mol. The highest BCUT2D eigenvalue weighted by Gasteiger charge is 2.12. The van der Waals surface area contributed by atoms with Crippen molar-refractivity contribution in [1.29, 1.82) is 0 Å². The van der Waals surface area contributed by atoms with Crippen LogP contribution in [0.25, 0.3) is 0 Å². The number of rotatable bonds is 4. The molecule has 0 aliphatic rings. The van der Waals surface area contributed by atoms with E-state index >= 15 is 0 Å². The molecule has 0 unspecified atom stereocenters. The van der Waals surface area contributed by atoms with Crippen molar-refractivity contribution in [3.63, 3.8) is 0 Å². The van der Waals surface area contributed by atoms with Gasteiger partial charge in [-0.15, -0.1) is 0 Å². The maximum absolute atomic E-state index is 12.2. The Morgan fingerprint density at radius 2 is 2.00 bits per heavy atom. The van der Waals surface area contributed by atoms with Crippen molar-refractivity contribution in [3.8, 4) is 5.75 Å². The molecule has 2 aromatic rings. The summed E-state index contributed by atoms with van der Waals surface area (Å²) in [5.74, 6) is 0.624. The van der Waals surface area contributed by atoms with Crippen LogP contribution < -0.4 is 4.74 Å². The fourth-order valence-corrected chi connectivity index (χ4v) is 1.74. The molecule has 0 fully saturated rings. The average Bonchev–Trinajstić information content (AvgIpc) is 2.41. The van der Waals surface area contributed by atoms with E-state index in [1.807, 2.05) is 31.2 Å². The van der Waals surface area contributed by atoms with Crippen LogP contribution in [0.3, 0.4) is 0 Å². The Hall–Kier alpha value is -2.16. The first kappa shape index (κ1) is 12.3. The summed E-state index contributed by atoms with van der Waals surface area (Å²) in [6.07, 6.45) is 2.06. The Balaban J connectivity index is 2.19. The number of carbonyl (C=O) groups excluding carboxylic acids is 1.